The van der Waals surface area contributed by atoms with Crippen LogP contribution >= 0.6 is 0 Å². The number of benzene rings is 5. The summed E-state index contributed by atoms with van der Waals surface area (Å²) in [6.07, 6.45) is 8.34. The van der Waals surface area contributed by atoms with E-state index in [1.165, 1.54) is 117 Å². The van der Waals surface area contributed by atoms with Crippen molar-refractivity contribution in [2.45, 2.75) is 175 Å². The molecule has 4 saturated carbocycles. The molecule has 63 heavy (non-hydrogen) atoms. The van der Waals surface area contributed by atoms with E-state index in [1.807, 2.05) is 0 Å². The molecule has 5 aromatic carbocycles. The molecular weight excluding hydrogens is 759 g/mol. The zero-order valence-electron chi connectivity index (χ0n) is 41.6. The highest BCUT2D eigenvalue weighted by molar-refractivity contribution is 7.00. The molecule has 11 rings (SSSR count). The first kappa shape index (κ1) is 42.7. The molecule has 0 aromatic heterocycles. The lowest BCUT2D eigenvalue weighted by molar-refractivity contribution is -0.00514. The average molecular weight is 835 g/mol. The second-order valence-electron chi connectivity index (χ2n) is 26.3. The Morgan fingerprint density at radius 2 is 0.810 bits per heavy atom. The van der Waals surface area contributed by atoms with Gasteiger partial charge in [0.2, 0.25) is 0 Å². The summed E-state index contributed by atoms with van der Waals surface area (Å²) in [5.74, 6) is 2.57. The number of nitrogens with zero attached hydrogens (tertiary/aromatic N) is 2. The van der Waals surface area contributed by atoms with Crippen LogP contribution in [0.25, 0.3) is 0 Å². The summed E-state index contributed by atoms with van der Waals surface area (Å²) in [4.78, 5) is 5.48. The fourth-order valence-corrected chi connectivity index (χ4v) is 13.0. The maximum atomic E-state index is 2.76. The van der Waals surface area contributed by atoms with Gasteiger partial charge in [0.05, 0.1) is 0 Å². The molecule has 0 atom stereocenters. The summed E-state index contributed by atoms with van der Waals surface area (Å²) in [6.45, 7) is 35.8. The molecule has 0 spiro atoms. The maximum absolute atomic E-state index is 2.76. The molecule has 2 heterocycles. The molecule has 0 amide bonds. The summed E-state index contributed by atoms with van der Waals surface area (Å²) in [7, 11) is 0. The van der Waals surface area contributed by atoms with Crippen LogP contribution in [0.15, 0.2) is 91.0 Å². The fraction of sp³-hybridized carbons (Fsp3) is 0.500. The molecule has 2 aliphatic heterocycles. The number of anilines is 6. The van der Waals surface area contributed by atoms with Gasteiger partial charge in [0.1, 0.15) is 0 Å². The molecule has 0 unspecified atom stereocenters. The van der Waals surface area contributed by atoms with Crippen molar-refractivity contribution in [3.05, 3.63) is 124 Å². The van der Waals surface area contributed by atoms with E-state index in [4.69, 9.17) is 0 Å². The Kier molecular flexibility index (Phi) is 9.41. The van der Waals surface area contributed by atoms with Crippen molar-refractivity contribution >= 4 is 57.2 Å². The van der Waals surface area contributed by atoms with Gasteiger partial charge in [-0.1, -0.05) is 146 Å². The van der Waals surface area contributed by atoms with Crippen molar-refractivity contribution in [2.24, 2.45) is 17.8 Å². The van der Waals surface area contributed by atoms with Crippen LogP contribution in [0.1, 0.15) is 176 Å². The van der Waals surface area contributed by atoms with Crippen molar-refractivity contribution in [3.8, 4) is 0 Å². The van der Waals surface area contributed by atoms with Gasteiger partial charge in [0.25, 0.3) is 6.71 Å². The first-order chi connectivity index (χ1) is 29.3. The van der Waals surface area contributed by atoms with E-state index in [0.717, 1.165) is 17.8 Å². The predicted molar refractivity (Wildman–Crippen MR) is 274 cm³/mol. The third-order valence-corrected chi connectivity index (χ3v) is 16.3. The number of hydrogen-bond acceptors (Lipinski definition) is 2. The highest BCUT2D eigenvalue weighted by atomic mass is 15.2. The van der Waals surface area contributed by atoms with Gasteiger partial charge >= 0.3 is 0 Å². The van der Waals surface area contributed by atoms with E-state index in [9.17, 15) is 0 Å². The van der Waals surface area contributed by atoms with Gasteiger partial charge in [-0.3, -0.25) is 0 Å². The quantitative estimate of drug-likeness (QED) is 0.164. The Bertz CT molecular complexity index is 2580. The molecule has 0 N–H and O–H groups in total. The van der Waals surface area contributed by atoms with Crippen LogP contribution in [0, 0.1) is 17.8 Å². The van der Waals surface area contributed by atoms with Crippen molar-refractivity contribution in [1.29, 1.82) is 0 Å². The van der Waals surface area contributed by atoms with Crippen LogP contribution in [0.2, 0.25) is 0 Å². The largest absolute Gasteiger partial charge is 0.311 e. The molecule has 4 bridgehead atoms. The van der Waals surface area contributed by atoms with Crippen molar-refractivity contribution in [1.82, 2.24) is 0 Å². The van der Waals surface area contributed by atoms with Crippen LogP contribution in [0.4, 0.5) is 34.1 Å². The second kappa shape index (κ2) is 13.9. The Hall–Kier alpha value is -4.24. The Labute approximate surface area is 382 Å². The topological polar surface area (TPSA) is 6.48 Å². The maximum Gasteiger partial charge on any atom is 0.252 e. The lowest BCUT2D eigenvalue weighted by Gasteiger charge is -2.57. The highest BCUT2D eigenvalue weighted by Gasteiger charge is 2.53. The molecule has 2 nitrogen and oxygen atoms in total. The summed E-state index contributed by atoms with van der Waals surface area (Å²) in [5, 5.41) is 0. The molecule has 3 heteroatoms. The minimum absolute atomic E-state index is 0.00202. The molecule has 4 fully saturated rings. The van der Waals surface area contributed by atoms with E-state index in [1.54, 1.807) is 5.56 Å². The summed E-state index contributed by atoms with van der Waals surface area (Å²) in [5.41, 5.74) is 21.0. The van der Waals surface area contributed by atoms with Gasteiger partial charge in [0.15, 0.2) is 0 Å². The summed E-state index contributed by atoms with van der Waals surface area (Å²) >= 11 is 0. The van der Waals surface area contributed by atoms with Gasteiger partial charge in [0, 0.05) is 34.1 Å². The number of rotatable bonds is 3. The Morgan fingerprint density at radius 1 is 0.413 bits per heavy atom. The predicted octanol–water partition coefficient (Wildman–Crippen LogP) is 14.7. The second-order valence-corrected chi connectivity index (χ2v) is 26.3. The van der Waals surface area contributed by atoms with Gasteiger partial charge in [-0.2, -0.15) is 0 Å². The summed E-state index contributed by atoms with van der Waals surface area (Å²) < 4.78 is 0. The molecule has 4 aliphatic carbocycles. The minimum atomic E-state index is -0.0105. The van der Waals surface area contributed by atoms with E-state index in [-0.39, 0.29) is 39.2 Å². The average Bonchev–Trinajstić information content (AvgIpc) is 3.18. The van der Waals surface area contributed by atoms with E-state index in [2.05, 4.69) is 205 Å². The number of hydrogen-bond donors (Lipinski definition) is 0. The monoisotopic (exact) mass is 835 g/mol. The van der Waals surface area contributed by atoms with Crippen molar-refractivity contribution in [3.63, 3.8) is 0 Å². The van der Waals surface area contributed by atoms with Crippen LogP contribution in [0.5, 0.6) is 0 Å². The van der Waals surface area contributed by atoms with Crippen LogP contribution in [-0.4, -0.2) is 6.71 Å². The molecular formula is C60H75BN2. The SMILES string of the molecule is CC(C)(C)c1cccc(N2c3cc(C(C)(C)C)ccc3B3c4ccc(C(C)(C)C)cc4N(c4cc(C(C)(C)C)cc(C(C)(C)C)c4)c4cc(C56CC7CC(CC(C7)C5)C6)cc2c43)c1. The van der Waals surface area contributed by atoms with Crippen LogP contribution < -0.4 is 26.2 Å². The van der Waals surface area contributed by atoms with Gasteiger partial charge in [-0.25, -0.2) is 0 Å². The first-order valence-corrected chi connectivity index (χ1v) is 24.6. The Balaban J connectivity index is 1.35. The van der Waals surface area contributed by atoms with Crippen LogP contribution in [-0.2, 0) is 32.5 Å². The van der Waals surface area contributed by atoms with E-state index >= 15 is 0 Å². The minimum Gasteiger partial charge on any atom is -0.311 e. The third kappa shape index (κ3) is 7.13. The molecule has 5 aromatic rings. The lowest BCUT2D eigenvalue weighted by Crippen LogP contribution is -2.61. The smallest absolute Gasteiger partial charge is 0.252 e. The van der Waals surface area contributed by atoms with Gasteiger partial charge in [-0.15, -0.1) is 0 Å². The standard InChI is InChI=1S/C60H75BN2/c1-55(2,3)40-17-16-18-46(27-40)62-50-30-41(56(4,5)6)19-21-48(50)61-49-22-20-42(57(7,8)9)31-51(49)63(47-28-43(58(10,11)12)26-44(29-47)59(13,14)15)53-33-45(32-52(62)54(53)61)60-34-37-23-38(35-60)25-39(24-37)36-60/h16-22,26-33,37-39H,23-25,34-36H2,1-15H3. The van der Waals surface area contributed by atoms with Crippen molar-refractivity contribution < 1.29 is 0 Å². The zero-order valence-corrected chi connectivity index (χ0v) is 41.6. The third-order valence-electron chi connectivity index (χ3n) is 16.3. The lowest BCUT2D eigenvalue weighted by atomic mass is 9.33. The van der Waals surface area contributed by atoms with Gasteiger partial charge in [-0.05, 0) is 187 Å². The van der Waals surface area contributed by atoms with Crippen molar-refractivity contribution in [2.75, 3.05) is 9.80 Å². The number of fused-ring (bicyclic) bond motifs is 4. The molecule has 0 radical (unpaired) electrons. The summed E-state index contributed by atoms with van der Waals surface area (Å²) in [6, 6.07) is 37.7. The van der Waals surface area contributed by atoms with Crippen LogP contribution in [0.3, 0.4) is 0 Å². The zero-order chi connectivity index (χ0) is 45.0. The van der Waals surface area contributed by atoms with Gasteiger partial charge < -0.3 is 9.80 Å². The fourth-order valence-electron chi connectivity index (χ4n) is 13.0. The highest BCUT2D eigenvalue weighted by Crippen LogP contribution is 2.62. The molecule has 328 valence electrons. The normalized spacial score (nSPS) is 22.9. The molecule has 6 aliphatic rings. The first-order valence-electron chi connectivity index (χ1n) is 24.6. The van der Waals surface area contributed by atoms with E-state index < -0.39 is 0 Å². The van der Waals surface area contributed by atoms with E-state index in [0.29, 0.717) is 0 Å². The molecule has 0 saturated heterocycles. The Morgan fingerprint density at radius 3 is 1.24 bits per heavy atom.